The zero-order valence-corrected chi connectivity index (χ0v) is 13.5. The first-order valence-corrected chi connectivity index (χ1v) is 8.13. The number of nitrogens with one attached hydrogen (secondary N) is 1. The van der Waals surface area contributed by atoms with Gasteiger partial charge in [0, 0.05) is 16.3 Å². The summed E-state index contributed by atoms with van der Waals surface area (Å²) in [6.07, 6.45) is 5.29. The average Bonchev–Trinajstić information content (AvgIpc) is 2.70. The van der Waals surface area contributed by atoms with Crippen molar-refractivity contribution in [2.45, 2.75) is 59.3 Å². The smallest absolute Gasteiger partial charge is 0.00832 e. The quantitative estimate of drug-likeness (QED) is 0.717. The molecular weight excluding hydrogens is 238 g/mol. The molecule has 0 bridgehead atoms. The van der Waals surface area contributed by atoms with E-state index < -0.39 is 0 Å². The first kappa shape index (κ1) is 15.7. The normalized spacial score (nSPS) is 14.7. The summed E-state index contributed by atoms with van der Waals surface area (Å²) >= 11 is 2.00. The van der Waals surface area contributed by atoms with E-state index >= 15 is 0 Å². The Balaban J connectivity index is 2.58. The van der Waals surface area contributed by atoms with Crippen LogP contribution in [0.25, 0.3) is 0 Å². The zero-order chi connectivity index (χ0) is 13.5. The van der Waals surface area contributed by atoms with Gasteiger partial charge in [0.2, 0.25) is 0 Å². The van der Waals surface area contributed by atoms with Crippen molar-refractivity contribution in [2.24, 2.45) is 5.92 Å². The maximum Gasteiger partial charge on any atom is 0.00832 e. The molecule has 1 aromatic heterocycles. The lowest BCUT2D eigenvalue weighted by atomic mass is 9.97. The molecule has 0 saturated carbocycles. The van der Waals surface area contributed by atoms with E-state index in [4.69, 9.17) is 0 Å². The molecule has 0 aliphatic carbocycles. The van der Waals surface area contributed by atoms with E-state index in [-0.39, 0.29) is 0 Å². The lowest BCUT2D eigenvalue weighted by Crippen LogP contribution is -2.15. The third kappa shape index (κ3) is 4.74. The Morgan fingerprint density at radius 1 is 1.33 bits per heavy atom. The second kappa shape index (κ2) is 7.96. The maximum absolute atomic E-state index is 3.29. The molecule has 0 fully saturated rings. The van der Waals surface area contributed by atoms with Crippen molar-refractivity contribution in [3.05, 3.63) is 21.4 Å². The monoisotopic (exact) mass is 267 g/mol. The summed E-state index contributed by atoms with van der Waals surface area (Å²) in [7, 11) is 2.04. The molecular formula is C16H29NS. The van der Waals surface area contributed by atoms with Gasteiger partial charge in [-0.1, -0.05) is 33.6 Å². The first-order valence-electron chi connectivity index (χ1n) is 7.32. The van der Waals surface area contributed by atoms with Gasteiger partial charge in [-0.3, -0.25) is 0 Å². The number of rotatable bonds is 8. The van der Waals surface area contributed by atoms with Gasteiger partial charge in [-0.25, -0.2) is 0 Å². The predicted molar refractivity (Wildman–Crippen MR) is 83.8 cm³/mol. The average molecular weight is 267 g/mol. The molecule has 1 aromatic rings. The van der Waals surface area contributed by atoms with Crippen LogP contribution in [0.1, 0.15) is 61.3 Å². The fraction of sp³-hybridized carbons (Fsp3) is 0.750. The van der Waals surface area contributed by atoms with Crippen molar-refractivity contribution in [1.29, 1.82) is 0 Å². The second-order valence-electron chi connectivity index (χ2n) is 5.60. The van der Waals surface area contributed by atoms with Gasteiger partial charge in [0.1, 0.15) is 0 Å². The van der Waals surface area contributed by atoms with Crippen LogP contribution in [-0.2, 0) is 6.42 Å². The first-order chi connectivity index (χ1) is 8.58. The Labute approximate surface area is 117 Å². The molecule has 104 valence electrons. The van der Waals surface area contributed by atoms with E-state index in [0.29, 0.717) is 5.92 Å². The summed E-state index contributed by atoms with van der Waals surface area (Å²) < 4.78 is 0. The molecule has 1 heterocycles. The molecule has 1 N–H and O–H groups in total. The number of likely N-dealkylation sites (N-methyl/N-ethyl adjacent to an activating group) is 1. The molecule has 0 radical (unpaired) electrons. The van der Waals surface area contributed by atoms with Crippen molar-refractivity contribution < 1.29 is 0 Å². The molecule has 2 atom stereocenters. The Hall–Kier alpha value is -0.340. The summed E-state index contributed by atoms with van der Waals surface area (Å²) in [5, 5.41) is 3.29. The van der Waals surface area contributed by atoms with Gasteiger partial charge in [-0.05, 0) is 50.3 Å². The van der Waals surface area contributed by atoms with E-state index in [1.54, 1.807) is 10.4 Å². The van der Waals surface area contributed by atoms with Crippen LogP contribution in [0.4, 0.5) is 0 Å². The van der Waals surface area contributed by atoms with Crippen LogP contribution in [0.2, 0.25) is 0 Å². The standard InChI is InChI=1S/C16H29NS/c1-6-12(2)8-7-9-16-15(10-14(4)18-16)13(3)11-17-5/h10,12-13,17H,6-9,11H2,1-5H3. The van der Waals surface area contributed by atoms with Crippen molar-refractivity contribution in [2.75, 3.05) is 13.6 Å². The SMILES string of the molecule is CCC(C)CCCc1sc(C)cc1C(C)CNC. The van der Waals surface area contributed by atoms with Crippen molar-refractivity contribution in [3.63, 3.8) is 0 Å². The lowest BCUT2D eigenvalue weighted by molar-refractivity contribution is 0.496. The molecule has 2 heteroatoms. The zero-order valence-electron chi connectivity index (χ0n) is 12.7. The highest BCUT2D eigenvalue weighted by Gasteiger charge is 2.13. The van der Waals surface area contributed by atoms with Gasteiger partial charge in [-0.2, -0.15) is 0 Å². The molecule has 1 rings (SSSR count). The van der Waals surface area contributed by atoms with E-state index in [2.05, 4.69) is 39.1 Å². The van der Waals surface area contributed by atoms with Crippen LogP contribution in [0, 0.1) is 12.8 Å². The van der Waals surface area contributed by atoms with Crippen LogP contribution in [0.15, 0.2) is 6.07 Å². The summed E-state index contributed by atoms with van der Waals surface area (Å²) in [6, 6.07) is 2.39. The lowest BCUT2D eigenvalue weighted by Gasteiger charge is -2.13. The number of aryl methyl sites for hydroxylation is 2. The molecule has 0 aromatic carbocycles. The van der Waals surface area contributed by atoms with E-state index in [1.807, 2.05) is 18.4 Å². The van der Waals surface area contributed by atoms with Crippen molar-refractivity contribution in [1.82, 2.24) is 5.32 Å². The van der Waals surface area contributed by atoms with Crippen LogP contribution in [-0.4, -0.2) is 13.6 Å². The summed E-state index contributed by atoms with van der Waals surface area (Å²) in [5.41, 5.74) is 1.58. The molecule has 0 aliphatic heterocycles. The van der Waals surface area contributed by atoms with Crippen LogP contribution < -0.4 is 5.32 Å². The van der Waals surface area contributed by atoms with Gasteiger partial charge in [0.15, 0.2) is 0 Å². The Bertz CT molecular complexity index is 343. The third-order valence-corrected chi connectivity index (χ3v) is 4.93. The molecule has 18 heavy (non-hydrogen) atoms. The summed E-state index contributed by atoms with van der Waals surface area (Å²) in [6.45, 7) is 10.3. The number of hydrogen-bond donors (Lipinski definition) is 1. The van der Waals surface area contributed by atoms with Crippen LogP contribution in [0.5, 0.6) is 0 Å². The van der Waals surface area contributed by atoms with E-state index in [1.165, 1.54) is 30.6 Å². The molecule has 2 unspecified atom stereocenters. The number of thiophene rings is 1. The van der Waals surface area contributed by atoms with Gasteiger partial charge >= 0.3 is 0 Å². The van der Waals surface area contributed by atoms with Gasteiger partial charge in [-0.15, -0.1) is 11.3 Å². The number of hydrogen-bond acceptors (Lipinski definition) is 2. The third-order valence-electron chi connectivity index (χ3n) is 3.80. The molecule has 0 spiro atoms. The largest absolute Gasteiger partial charge is 0.319 e. The maximum atomic E-state index is 3.29. The van der Waals surface area contributed by atoms with E-state index in [9.17, 15) is 0 Å². The molecule has 0 aliphatic rings. The minimum Gasteiger partial charge on any atom is -0.319 e. The van der Waals surface area contributed by atoms with Crippen molar-refractivity contribution in [3.8, 4) is 0 Å². The molecule has 0 amide bonds. The molecule has 1 nitrogen and oxygen atoms in total. The highest BCUT2D eigenvalue weighted by atomic mass is 32.1. The Morgan fingerprint density at radius 2 is 2.06 bits per heavy atom. The fourth-order valence-corrected chi connectivity index (χ4v) is 3.62. The second-order valence-corrected chi connectivity index (χ2v) is 6.94. The van der Waals surface area contributed by atoms with Crippen molar-refractivity contribution >= 4 is 11.3 Å². The summed E-state index contributed by atoms with van der Waals surface area (Å²) in [5.74, 6) is 1.52. The highest BCUT2D eigenvalue weighted by Crippen LogP contribution is 2.30. The Morgan fingerprint density at radius 3 is 2.67 bits per heavy atom. The molecule has 0 saturated heterocycles. The topological polar surface area (TPSA) is 12.0 Å². The highest BCUT2D eigenvalue weighted by molar-refractivity contribution is 7.12. The van der Waals surface area contributed by atoms with Gasteiger partial charge in [0.05, 0.1) is 0 Å². The van der Waals surface area contributed by atoms with Gasteiger partial charge < -0.3 is 5.32 Å². The predicted octanol–water partition coefficient (Wildman–Crippen LogP) is 4.75. The Kier molecular flexibility index (Phi) is 6.95. The van der Waals surface area contributed by atoms with E-state index in [0.717, 1.165) is 12.5 Å². The van der Waals surface area contributed by atoms with Crippen LogP contribution in [0.3, 0.4) is 0 Å². The summed E-state index contributed by atoms with van der Waals surface area (Å²) in [4.78, 5) is 3.09. The minimum atomic E-state index is 0.638. The minimum absolute atomic E-state index is 0.638. The van der Waals surface area contributed by atoms with Crippen LogP contribution >= 0.6 is 11.3 Å². The van der Waals surface area contributed by atoms with Gasteiger partial charge in [0.25, 0.3) is 0 Å². The fourth-order valence-electron chi connectivity index (χ4n) is 2.43.